The van der Waals surface area contributed by atoms with Crippen molar-refractivity contribution in [3.63, 3.8) is 0 Å². The number of nitrogens with zero attached hydrogens (tertiary/aromatic N) is 1. The maximum absolute atomic E-state index is 9.95. The largest absolute Gasteiger partial charge is 0.507 e. The van der Waals surface area contributed by atoms with E-state index in [-0.39, 0.29) is 5.75 Å². The molecule has 3 heteroatoms. The first-order valence-electron chi connectivity index (χ1n) is 7.25. The van der Waals surface area contributed by atoms with Gasteiger partial charge in [-0.05, 0) is 37.7 Å². The van der Waals surface area contributed by atoms with E-state index in [0.717, 1.165) is 30.6 Å². The molecule has 2 rings (SSSR count). The van der Waals surface area contributed by atoms with Gasteiger partial charge in [-0.25, -0.2) is 0 Å². The minimum Gasteiger partial charge on any atom is -0.507 e. The lowest BCUT2D eigenvalue weighted by Crippen LogP contribution is -2.35. The van der Waals surface area contributed by atoms with Crippen molar-refractivity contribution in [1.82, 2.24) is 0 Å². The number of phenols is 1. The molecule has 3 nitrogen and oxygen atoms in total. The van der Waals surface area contributed by atoms with Crippen LogP contribution in [0, 0.1) is 11.8 Å². The lowest BCUT2D eigenvalue weighted by Gasteiger charge is -2.35. The minimum absolute atomic E-state index is 0.193. The number of aliphatic hydroxyl groups is 1. The van der Waals surface area contributed by atoms with Crippen LogP contribution in [0.25, 0.3) is 0 Å². The summed E-state index contributed by atoms with van der Waals surface area (Å²) in [5.41, 5.74) is 1.66. The molecule has 0 bridgehead atoms. The van der Waals surface area contributed by atoms with Crippen molar-refractivity contribution >= 4 is 5.69 Å². The molecule has 1 atom stereocenters. The van der Waals surface area contributed by atoms with Crippen LogP contribution >= 0.6 is 0 Å². The normalized spacial score (nSPS) is 18.9. The average Bonchev–Trinajstić information content (AvgIpc) is 2.38. The molecule has 1 aromatic carbocycles. The Kier molecular flexibility index (Phi) is 4.35. The summed E-state index contributed by atoms with van der Waals surface area (Å²) in [6, 6.07) is 5.60. The molecule has 1 aliphatic rings. The molecule has 1 aliphatic heterocycles. The van der Waals surface area contributed by atoms with Crippen molar-refractivity contribution in [3.8, 4) is 5.75 Å². The van der Waals surface area contributed by atoms with Crippen LogP contribution in [0.3, 0.4) is 0 Å². The second-order valence-electron chi connectivity index (χ2n) is 5.99. The lowest BCUT2D eigenvalue weighted by atomic mass is 9.86. The zero-order valence-electron chi connectivity index (χ0n) is 12.1. The van der Waals surface area contributed by atoms with Gasteiger partial charge in [-0.1, -0.05) is 19.9 Å². The first-order chi connectivity index (χ1) is 8.99. The number of phenolic OH excluding ortho intramolecular Hbond substituents is 1. The van der Waals surface area contributed by atoms with E-state index in [2.05, 4.69) is 18.7 Å². The molecule has 106 valence electrons. The maximum atomic E-state index is 9.95. The van der Waals surface area contributed by atoms with Crippen LogP contribution in [0.1, 0.15) is 45.3 Å². The summed E-state index contributed by atoms with van der Waals surface area (Å²) in [5.74, 6) is 1.77. The van der Waals surface area contributed by atoms with Gasteiger partial charge in [0.2, 0.25) is 0 Å². The van der Waals surface area contributed by atoms with E-state index in [1.165, 1.54) is 12.8 Å². The van der Waals surface area contributed by atoms with Gasteiger partial charge < -0.3 is 15.1 Å². The fraction of sp³-hybridized carbons (Fsp3) is 0.625. The second-order valence-corrected chi connectivity index (χ2v) is 5.99. The van der Waals surface area contributed by atoms with Gasteiger partial charge in [-0.2, -0.15) is 0 Å². The van der Waals surface area contributed by atoms with E-state index in [4.69, 9.17) is 0 Å². The highest BCUT2D eigenvalue weighted by molar-refractivity contribution is 5.54. The molecule has 1 fully saturated rings. The standard InChI is InChI=1S/C16H25NO2/c1-11(2)13-6-8-17(9-7-13)14-4-5-15(12(3)18)16(19)10-14/h4-5,10-13,18-19H,6-9H2,1-3H3. The monoisotopic (exact) mass is 263 g/mol. The van der Waals surface area contributed by atoms with Crippen molar-refractivity contribution in [2.45, 2.75) is 39.7 Å². The SMILES string of the molecule is CC(O)c1ccc(N2CCC(C(C)C)CC2)cc1O. The summed E-state index contributed by atoms with van der Waals surface area (Å²) in [4.78, 5) is 2.32. The smallest absolute Gasteiger partial charge is 0.123 e. The lowest BCUT2D eigenvalue weighted by molar-refractivity contribution is 0.195. The third-order valence-electron chi connectivity index (χ3n) is 4.31. The second kappa shape index (κ2) is 5.83. The highest BCUT2D eigenvalue weighted by atomic mass is 16.3. The zero-order chi connectivity index (χ0) is 14.0. The first-order valence-corrected chi connectivity index (χ1v) is 7.25. The van der Waals surface area contributed by atoms with E-state index in [9.17, 15) is 10.2 Å². The Morgan fingerprint density at radius 2 is 1.79 bits per heavy atom. The molecule has 0 saturated carbocycles. The fourth-order valence-corrected chi connectivity index (χ4v) is 2.91. The number of hydrogen-bond donors (Lipinski definition) is 2. The van der Waals surface area contributed by atoms with Gasteiger partial charge in [0.15, 0.2) is 0 Å². The summed E-state index contributed by atoms with van der Waals surface area (Å²) in [6.45, 7) is 8.36. The fourth-order valence-electron chi connectivity index (χ4n) is 2.91. The van der Waals surface area contributed by atoms with Crippen LogP contribution < -0.4 is 4.90 Å². The van der Waals surface area contributed by atoms with Gasteiger partial charge in [0, 0.05) is 30.4 Å². The zero-order valence-corrected chi connectivity index (χ0v) is 12.1. The van der Waals surface area contributed by atoms with Crippen LogP contribution in [0.2, 0.25) is 0 Å². The van der Waals surface area contributed by atoms with E-state index >= 15 is 0 Å². The Morgan fingerprint density at radius 3 is 2.26 bits per heavy atom. The van der Waals surface area contributed by atoms with Crippen LogP contribution in [-0.2, 0) is 0 Å². The van der Waals surface area contributed by atoms with Crippen molar-refractivity contribution < 1.29 is 10.2 Å². The van der Waals surface area contributed by atoms with Crippen molar-refractivity contribution in [3.05, 3.63) is 23.8 Å². The molecule has 1 heterocycles. The quantitative estimate of drug-likeness (QED) is 0.879. The summed E-state index contributed by atoms with van der Waals surface area (Å²) in [6.07, 6.45) is 1.81. The van der Waals surface area contributed by atoms with E-state index in [1.807, 2.05) is 12.1 Å². The number of piperidine rings is 1. The van der Waals surface area contributed by atoms with Crippen molar-refractivity contribution in [2.24, 2.45) is 11.8 Å². The van der Waals surface area contributed by atoms with Crippen LogP contribution in [-0.4, -0.2) is 23.3 Å². The molecular weight excluding hydrogens is 238 g/mol. The molecule has 1 saturated heterocycles. The summed E-state index contributed by atoms with van der Waals surface area (Å²) in [5, 5.41) is 19.5. The molecule has 0 radical (unpaired) electrons. The molecule has 19 heavy (non-hydrogen) atoms. The van der Waals surface area contributed by atoms with E-state index in [0.29, 0.717) is 5.56 Å². The third-order valence-corrected chi connectivity index (χ3v) is 4.31. The Balaban J connectivity index is 2.06. The highest BCUT2D eigenvalue weighted by Crippen LogP contribution is 2.32. The number of aliphatic hydroxyl groups excluding tert-OH is 1. The number of rotatable bonds is 3. The van der Waals surface area contributed by atoms with Gasteiger partial charge in [0.25, 0.3) is 0 Å². The number of anilines is 1. The van der Waals surface area contributed by atoms with E-state index < -0.39 is 6.10 Å². The van der Waals surface area contributed by atoms with Crippen LogP contribution in [0.4, 0.5) is 5.69 Å². The van der Waals surface area contributed by atoms with Crippen LogP contribution in [0.5, 0.6) is 5.75 Å². The van der Waals surface area contributed by atoms with Crippen molar-refractivity contribution in [2.75, 3.05) is 18.0 Å². The molecular formula is C16H25NO2. The predicted molar refractivity (Wildman–Crippen MR) is 78.5 cm³/mol. The van der Waals surface area contributed by atoms with Crippen LogP contribution in [0.15, 0.2) is 18.2 Å². The van der Waals surface area contributed by atoms with Gasteiger partial charge in [-0.3, -0.25) is 0 Å². The predicted octanol–water partition coefficient (Wildman–Crippen LogP) is 3.32. The first kappa shape index (κ1) is 14.2. The number of aromatic hydroxyl groups is 1. The molecule has 0 aliphatic carbocycles. The average molecular weight is 263 g/mol. The summed E-state index contributed by atoms with van der Waals surface area (Å²) >= 11 is 0. The Bertz CT molecular complexity index is 421. The molecule has 0 aromatic heterocycles. The highest BCUT2D eigenvalue weighted by Gasteiger charge is 2.22. The molecule has 0 spiro atoms. The van der Waals surface area contributed by atoms with Gasteiger partial charge in [0.1, 0.15) is 5.75 Å². The van der Waals surface area contributed by atoms with E-state index in [1.54, 1.807) is 13.0 Å². The number of benzene rings is 1. The summed E-state index contributed by atoms with van der Waals surface area (Å²) < 4.78 is 0. The van der Waals surface area contributed by atoms with Gasteiger partial charge in [-0.15, -0.1) is 0 Å². The third kappa shape index (κ3) is 3.21. The van der Waals surface area contributed by atoms with Gasteiger partial charge >= 0.3 is 0 Å². The molecule has 2 N–H and O–H groups in total. The molecule has 1 aromatic rings. The molecule has 1 unspecified atom stereocenters. The summed E-state index contributed by atoms with van der Waals surface area (Å²) in [7, 11) is 0. The topological polar surface area (TPSA) is 43.7 Å². The number of hydrogen-bond acceptors (Lipinski definition) is 3. The maximum Gasteiger partial charge on any atom is 0.123 e. The Morgan fingerprint density at radius 1 is 1.16 bits per heavy atom. The Labute approximate surface area is 115 Å². The van der Waals surface area contributed by atoms with Crippen molar-refractivity contribution in [1.29, 1.82) is 0 Å². The Hall–Kier alpha value is -1.22. The minimum atomic E-state index is -0.624. The van der Waals surface area contributed by atoms with Gasteiger partial charge in [0.05, 0.1) is 6.10 Å². The molecule has 0 amide bonds.